The van der Waals surface area contributed by atoms with Crippen LogP contribution in [0.25, 0.3) is 11.4 Å². The average Bonchev–Trinajstić information content (AvgIpc) is 3.09. The van der Waals surface area contributed by atoms with E-state index in [-0.39, 0.29) is 11.7 Å². The lowest BCUT2D eigenvalue weighted by atomic mass is 10.0. The first-order chi connectivity index (χ1) is 12.0. The molecule has 0 saturated heterocycles. The third kappa shape index (κ3) is 4.19. The van der Waals surface area contributed by atoms with E-state index in [9.17, 15) is 9.18 Å². The summed E-state index contributed by atoms with van der Waals surface area (Å²) in [5, 5.41) is 3.97. The first-order valence-corrected chi connectivity index (χ1v) is 8.53. The number of nitrogens with zero attached hydrogens (tertiary/aromatic N) is 2. The fourth-order valence-electron chi connectivity index (χ4n) is 2.35. The van der Waals surface area contributed by atoms with Gasteiger partial charge in [0.15, 0.2) is 5.82 Å². The van der Waals surface area contributed by atoms with Gasteiger partial charge in [-0.2, -0.15) is 9.36 Å². The predicted molar refractivity (Wildman–Crippen MR) is 97.2 cm³/mol. The molecule has 1 heterocycles. The van der Waals surface area contributed by atoms with Crippen LogP contribution < -0.4 is 11.1 Å². The minimum absolute atomic E-state index is 0.211. The largest absolute Gasteiger partial charge is 0.366 e. The van der Waals surface area contributed by atoms with Crippen LogP contribution >= 0.6 is 11.5 Å². The molecule has 3 N–H and O–H groups in total. The summed E-state index contributed by atoms with van der Waals surface area (Å²) < 4.78 is 17.3. The summed E-state index contributed by atoms with van der Waals surface area (Å²) in [4.78, 5) is 15.6. The van der Waals surface area contributed by atoms with Gasteiger partial charge < -0.3 is 11.1 Å². The SMILES string of the molecule is C[C@H](CNc1nc(-c2ccc(C(N)=O)cc2)ns1)c1ccc(F)cc1. The van der Waals surface area contributed by atoms with Crippen LogP contribution in [0.15, 0.2) is 48.5 Å². The van der Waals surface area contributed by atoms with Crippen LogP contribution in [-0.4, -0.2) is 21.8 Å². The Morgan fingerprint density at radius 1 is 1.20 bits per heavy atom. The van der Waals surface area contributed by atoms with E-state index in [1.807, 2.05) is 0 Å². The van der Waals surface area contributed by atoms with Gasteiger partial charge in [-0.3, -0.25) is 4.79 Å². The maximum atomic E-state index is 13.0. The third-order valence-corrected chi connectivity index (χ3v) is 4.52. The highest BCUT2D eigenvalue weighted by Crippen LogP contribution is 2.23. The fraction of sp³-hybridized carbons (Fsp3) is 0.167. The van der Waals surface area contributed by atoms with Gasteiger partial charge in [0.05, 0.1) is 0 Å². The molecule has 0 unspecified atom stereocenters. The zero-order chi connectivity index (χ0) is 17.8. The number of primary amides is 1. The van der Waals surface area contributed by atoms with E-state index in [0.717, 1.165) is 11.1 Å². The highest BCUT2D eigenvalue weighted by Gasteiger charge is 2.10. The van der Waals surface area contributed by atoms with E-state index >= 15 is 0 Å². The van der Waals surface area contributed by atoms with Gasteiger partial charge in [0.25, 0.3) is 0 Å². The topological polar surface area (TPSA) is 80.9 Å². The Balaban J connectivity index is 1.63. The summed E-state index contributed by atoms with van der Waals surface area (Å²) in [7, 11) is 0. The van der Waals surface area contributed by atoms with Gasteiger partial charge in [0.1, 0.15) is 5.82 Å². The molecule has 5 nitrogen and oxygen atoms in total. The summed E-state index contributed by atoms with van der Waals surface area (Å²) >= 11 is 1.27. The second-order valence-electron chi connectivity index (χ2n) is 5.70. The second-order valence-corrected chi connectivity index (χ2v) is 6.45. The average molecular weight is 356 g/mol. The highest BCUT2D eigenvalue weighted by atomic mass is 32.1. The molecule has 2 aromatic carbocycles. The standard InChI is InChI=1S/C18H17FN4OS/c1-11(12-6-8-15(19)9-7-12)10-21-18-22-17(23-25-18)14-4-2-13(3-5-14)16(20)24/h2-9,11H,10H2,1H3,(H2,20,24)(H,21,22,23)/t11-/m1/s1. The molecule has 0 bridgehead atoms. The molecular weight excluding hydrogens is 339 g/mol. The normalized spacial score (nSPS) is 11.9. The number of rotatable bonds is 6. The van der Waals surface area contributed by atoms with Gasteiger partial charge in [0, 0.05) is 29.2 Å². The van der Waals surface area contributed by atoms with Gasteiger partial charge in [-0.05, 0) is 35.7 Å². The zero-order valence-corrected chi connectivity index (χ0v) is 14.4. The molecule has 25 heavy (non-hydrogen) atoms. The molecule has 128 valence electrons. The summed E-state index contributed by atoms with van der Waals surface area (Å²) in [5.74, 6) is 0.107. The van der Waals surface area contributed by atoms with Crippen LogP contribution in [0.4, 0.5) is 9.52 Å². The maximum Gasteiger partial charge on any atom is 0.248 e. The van der Waals surface area contributed by atoms with Crippen molar-refractivity contribution in [3.8, 4) is 11.4 Å². The Bertz CT molecular complexity index is 862. The summed E-state index contributed by atoms with van der Waals surface area (Å²) in [5.41, 5.74) is 7.56. The van der Waals surface area contributed by atoms with Crippen molar-refractivity contribution in [1.82, 2.24) is 9.36 Å². The molecule has 0 aliphatic rings. The number of carbonyl (C=O) groups is 1. The lowest BCUT2D eigenvalue weighted by Gasteiger charge is -2.12. The van der Waals surface area contributed by atoms with E-state index in [4.69, 9.17) is 5.73 Å². The van der Waals surface area contributed by atoms with Crippen LogP contribution in [0.2, 0.25) is 0 Å². The van der Waals surface area contributed by atoms with Crippen molar-refractivity contribution in [3.63, 3.8) is 0 Å². The molecule has 0 spiro atoms. The first kappa shape index (κ1) is 17.0. The molecule has 3 rings (SSSR count). The van der Waals surface area contributed by atoms with Crippen molar-refractivity contribution in [2.75, 3.05) is 11.9 Å². The number of benzene rings is 2. The van der Waals surface area contributed by atoms with Gasteiger partial charge >= 0.3 is 0 Å². The molecule has 0 aliphatic carbocycles. The van der Waals surface area contributed by atoms with Crippen LogP contribution in [0.1, 0.15) is 28.8 Å². The molecule has 7 heteroatoms. The lowest BCUT2D eigenvalue weighted by Crippen LogP contribution is -2.10. The molecule has 1 aromatic heterocycles. The molecular formula is C18H17FN4OS. The zero-order valence-electron chi connectivity index (χ0n) is 13.6. The van der Waals surface area contributed by atoms with Crippen molar-refractivity contribution >= 4 is 22.6 Å². The second kappa shape index (κ2) is 7.40. The van der Waals surface area contributed by atoms with Crippen LogP contribution in [-0.2, 0) is 0 Å². The number of anilines is 1. The van der Waals surface area contributed by atoms with E-state index < -0.39 is 5.91 Å². The monoisotopic (exact) mass is 356 g/mol. The maximum absolute atomic E-state index is 13.0. The van der Waals surface area contributed by atoms with Crippen LogP contribution in [0.3, 0.4) is 0 Å². The van der Waals surface area contributed by atoms with Crippen LogP contribution in [0, 0.1) is 5.82 Å². The minimum Gasteiger partial charge on any atom is -0.366 e. The summed E-state index contributed by atoms with van der Waals surface area (Å²) in [6.07, 6.45) is 0. The summed E-state index contributed by atoms with van der Waals surface area (Å²) in [6.45, 7) is 2.73. The quantitative estimate of drug-likeness (QED) is 0.706. The number of carbonyl (C=O) groups excluding carboxylic acids is 1. The van der Waals surface area contributed by atoms with Crippen molar-refractivity contribution < 1.29 is 9.18 Å². The number of halogens is 1. The molecule has 0 fully saturated rings. The molecule has 0 radical (unpaired) electrons. The smallest absolute Gasteiger partial charge is 0.248 e. The van der Waals surface area contributed by atoms with E-state index in [2.05, 4.69) is 21.6 Å². The van der Waals surface area contributed by atoms with Crippen molar-refractivity contribution in [2.45, 2.75) is 12.8 Å². The minimum atomic E-state index is -0.463. The van der Waals surface area contributed by atoms with Crippen molar-refractivity contribution in [3.05, 3.63) is 65.5 Å². The Hall–Kier alpha value is -2.80. The van der Waals surface area contributed by atoms with Gasteiger partial charge in [-0.1, -0.05) is 31.2 Å². The molecule has 1 atom stereocenters. The molecule has 0 aliphatic heterocycles. The molecule has 0 saturated carbocycles. The van der Waals surface area contributed by atoms with E-state index in [0.29, 0.717) is 23.1 Å². The number of hydrogen-bond acceptors (Lipinski definition) is 5. The van der Waals surface area contributed by atoms with E-state index in [1.54, 1.807) is 36.4 Å². The number of nitrogens with two attached hydrogens (primary N) is 1. The predicted octanol–water partition coefficient (Wildman–Crippen LogP) is 3.66. The Kier molecular flexibility index (Phi) is 5.04. The third-order valence-electron chi connectivity index (χ3n) is 3.85. The van der Waals surface area contributed by atoms with Crippen LogP contribution in [0.5, 0.6) is 0 Å². The number of nitrogens with one attached hydrogen (secondary N) is 1. The van der Waals surface area contributed by atoms with E-state index in [1.165, 1.54) is 23.7 Å². The summed E-state index contributed by atoms with van der Waals surface area (Å²) in [6, 6.07) is 13.3. The first-order valence-electron chi connectivity index (χ1n) is 7.76. The lowest BCUT2D eigenvalue weighted by molar-refractivity contribution is 0.100. The van der Waals surface area contributed by atoms with Gasteiger partial charge in [-0.15, -0.1) is 0 Å². The van der Waals surface area contributed by atoms with Crippen molar-refractivity contribution in [1.29, 1.82) is 0 Å². The Morgan fingerprint density at radius 2 is 1.88 bits per heavy atom. The highest BCUT2D eigenvalue weighted by molar-refractivity contribution is 7.09. The number of amides is 1. The van der Waals surface area contributed by atoms with Gasteiger partial charge in [0.2, 0.25) is 11.0 Å². The fourth-order valence-corrected chi connectivity index (χ4v) is 2.94. The Morgan fingerprint density at radius 3 is 2.52 bits per heavy atom. The number of aromatic nitrogens is 2. The molecule has 3 aromatic rings. The number of hydrogen-bond donors (Lipinski definition) is 2. The van der Waals surface area contributed by atoms with Crippen molar-refractivity contribution in [2.24, 2.45) is 5.73 Å². The Labute approximate surface area is 148 Å². The molecule has 1 amide bonds. The van der Waals surface area contributed by atoms with Gasteiger partial charge in [-0.25, -0.2) is 4.39 Å².